The molecular formula is C18H23N3O4. The summed E-state index contributed by atoms with van der Waals surface area (Å²) >= 11 is 0. The number of aryl methyl sites for hydroxylation is 1. The number of ether oxygens (including phenoxy) is 2. The molecule has 0 radical (unpaired) electrons. The molecule has 1 aromatic carbocycles. The third-order valence-corrected chi connectivity index (χ3v) is 4.10. The van der Waals surface area contributed by atoms with Crippen molar-refractivity contribution in [1.29, 1.82) is 0 Å². The molecule has 2 heterocycles. The van der Waals surface area contributed by atoms with E-state index < -0.39 is 0 Å². The first kappa shape index (κ1) is 17.3. The van der Waals surface area contributed by atoms with Gasteiger partial charge in [0.2, 0.25) is 11.8 Å². The number of amides is 1. The molecule has 7 heteroatoms. The SMILES string of the molecule is CCOc1ccc(CN2CC(c3noc(C)n3)CC2=O)cc1OCC. The average Bonchev–Trinajstić information content (AvgIpc) is 3.17. The van der Waals surface area contributed by atoms with Gasteiger partial charge in [-0.2, -0.15) is 4.98 Å². The molecule has 1 aromatic heterocycles. The minimum atomic E-state index is -0.0148. The van der Waals surface area contributed by atoms with Crippen LogP contribution in [-0.4, -0.2) is 40.7 Å². The van der Waals surface area contributed by atoms with Crippen LogP contribution in [0.25, 0.3) is 0 Å². The van der Waals surface area contributed by atoms with Gasteiger partial charge in [-0.3, -0.25) is 4.79 Å². The molecule has 1 amide bonds. The summed E-state index contributed by atoms with van der Waals surface area (Å²) in [5.41, 5.74) is 1.00. The van der Waals surface area contributed by atoms with E-state index in [-0.39, 0.29) is 11.8 Å². The molecule has 0 aliphatic carbocycles. The fourth-order valence-corrected chi connectivity index (χ4v) is 2.99. The van der Waals surface area contributed by atoms with Crippen LogP contribution in [0, 0.1) is 6.92 Å². The Bertz CT molecular complexity index is 744. The summed E-state index contributed by atoms with van der Waals surface area (Å²) in [4.78, 5) is 18.4. The van der Waals surface area contributed by atoms with E-state index >= 15 is 0 Å². The second-order valence-electron chi connectivity index (χ2n) is 5.99. The van der Waals surface area contributed by atoms with Crippen LogP contribution in [0.5, 0.6) is 11.5 Å². The number of nitrogens with zero attached hydrogens (tertiary/aromatic N) is 3. The van der Waals surface area contributed by atoms with Crippen molar-refractivity contribution in [3.05, 3.63) is 35.5 Å². The van der Waals surface area contributed by atoms with E-state index in [1.165, 1.54) is 0 Å². The highest BCUT2D eigenvalue weighted by atomic mass is 16.5. The zero-order chi connectivity index (χ0) is 17.8. The van der Waals surface area contributed by atoms with Crippen LogP contribution in [0.1, 0.15) is 43.5 Å². The Morgan fingerprint density at radius 3 is 2.68 bits per heavy atom. The van der Waals surface area contributed by atoms with Crippen molar-refractivity contribution in [2.24, 2.45) is 0 Å². The second-order valence-corrected chi connectivity index (χ2v) is 5.99. The number of carbonyl (C=O) groups excluding carboxylic acids is 1. The second kappa shape index (κ2) is 7.55. The Kier molecular flexibility index (Phi) is 5.21. The number of likely N-dealkylation sites (tertiary alicyclic amines) is 1. The molecular weight excluding hydrogens is 322 g/mol. The van der Waals surface area contributed by atoms with Gasteiger partial charge in [-0.05, 0) is 31.5 Å². The fraction of sp³-hybridized carbons (Fsp3) is 0.500. The van der Waals surface area contributed by atoms with Gasteiger partial charge < -0.3 is 18.9 Å². The highest BCUT2D eigenvalue weighted by molar-refractivity contribution is 5.79. The molecule has 3 rings (SSSR count). The van der Waals surface area contributed by atoms with E-state index in [2.05, 4.69) is 10.1 Å². The zero-order valence-electron chi connectivity index (χ0n) is 14.8. The molecule has 7 nitrogen and oxygen atoms in total. The standard InChI is InChI=1S/C18H23N3O4/c1-4-23-15-7-6-13(8-16(15)24-5-2)10-21-11-14(9-17(21)22)18-19-12(3)25-20-18/h6-8,14H,4-5,9-11H2,1-3H3. The Labute approximate surface area is 146 Å². The molecule has 134 valence electrons. The van der Waals surface area contributed by atoms with Gasteiger partial charge in [0.1, 0.15) is 0 Å². The van der Waals surface area contributed by atoms with E-state index in [0.717, 1.165) is 11.3 Å². The topological polar surface area (TPSA) is 77.7 Å². The lowest BCUT2D eigenvalue weighted by atomic mass is 10.1. The van der Waals surface area contributed by atoms with Crippen LogP contribution >= 0.6 is 0 Å². The van der Waals surface area contributed by atoms with Crippen LogP contribution in [0.15, 0.2) is 22.7 Å². The van der Waals surface area contributed by atoms with E-state index in [0.29, 0.717) is 50.2 Å². The number of aromatic nitrogens is 2. The third kappa shape index (κ3) is 3.92. The number of hydrogen-bond acceptors (Lipinski definition) is 6. The van der Waals surface area contributed by atoms with Crippen molar-refractivity contribution in [3.63, 3.8) is 0 Å². The zero-order valence-corrected chi connectivity index (χ0v) is 14.8. The lowest BCUT2D eigenvalue weighted by molar-refractivity contribution is -0.128. The van der Waals surface area contributed by atoms with E-state index in [9.17, 15) is 4.79 Å². The normalized spacial score (nSPS) is 17.2. The Morgan fingerprint density at radius 2 is 2.00 bits per heavy atom. The summed E-state index contributed by atoms with van der Waals surface area (Å²) in [6.07, 6.45) is 0.411. The maximum Gasteiger partial charge on any atom is 0.223 e. The average molecular weight is 345 g/mol. The fourth-order valence-electron chi connectivity index (χ4n) is 2.99. The molecule has 1 aliphatic heterocycles. The summed E-state index contributed by atoms with van der Waals surface area (Å²) in [5, 5.41) is 3.94. The Hall–Kier alpha value is -2.57. The van der Waals surface area contributed by atoms with Gasteiger partial charge in [0.25, 0.3) is 0 Å². The van der Waals surface area contributed by atoms with Crippen molar-refractivity contribution in [1.82, 2.24) is 15.0 Å². The van der Waals surface area contributed by atoms with Gasteiger partial charge in [0.15, 0.2) is 17.3 Å². The van der Waals surface area contributed by atoms with Crippen molar-refractivity contribution < 1.29 is 18.8 Å². The third-order valence-electron chi connectivity index (χ3n) is 4.10. The minimum Gasteiger partial charge on any atom is -0.490 e. The maximum atomic E-state index is 12.3. The van der Waals surface area contributed by atoms with Crippen LogP contribution < -0.4 is 9.47 Å². The van der Waals surface area contributed by atoms with Gasteiger partial charge in [0.05, 0.1) is 13.2 Å². The van der Waals surface area contributed by atoms with Gasteiger partial charge in [0, 0.05) is 32.4 Å². The highest BCUT2D eigenvalue weighted by Gasteiger charge is 2.33. The molecule has 25 heavy (non-hydrogen) atoms. The van der Waals surface area contributed by atoms with Gasteiger partial charge in [-0.15, -0.1) is 0 Å². The van der Waals surface area contributed by atoms with E-state index in [1.807, 2.05) is 36.9 Å². The van der Waals surface area contributed by atoms with Crippen LogP contribution in [0.2, 0.25) is 0 Å². The Balaban J connectivity index is 1.71. The van der Waals surface area contributed by atoms with Gasteiger partial charge in [-0.25, -0.2) is 0 Å². The number of carbonyl (C=O) groups is 1. The molecule has 1 unspecified atom stereocenters. The molecule has 2 aromatic rings. The van der Waals surface area contributed by atoms with E-state index in [1.54, 1.807) is 6.92 Å². The first-order chi connectivity index (χ1) is 12.1. The monoisotopic (exact) mass is 345 g/mol. The summed E-state index contributed by atoms with van der Waals surface area (Å²) in [6, 6.07) is 5.80. The molecule has 1 atom stereocenters. The van der Waals surface area contributed by atoms with Crippen LogP contribution in [0.3, 0.4) is 0 Å². The molecule has 1 saturated heterocycles. The molecule has 1 fully saturated rings. The Morgan fingerprint density at radius 1 is 1.24 bits per heavy atom. The predicted octanol–water partition coefficient (Wildman–Crippen LogP) is 2.69. The predicted molar refractivity (Wildman–Crippen MR) is 90.6 cm³/mol. The lowest BCUT2D eigenvalue weighted by Gasteiger charge is -2.18. The maximum absolute atomic E-state index is 12.3. The number of benzene rings is 1. The molecule has 0 spiro atoms. The van der Waals surface area contributed by atoms with Crippen LogP contribution in [-0.2, 0) is 11.3 Å². The summed E-state index contributed by atoms with van der Waals surface area (Å²) in [6.45, 7) is 7.88. The number of hydrogen-bond donors (Lipinski definition) is 0. The molecule has 0 N–H and O–H groups in total. The number of rotatable bonds is 7. The van der Waals surface area contributed by atoms with Gasteiger partial charge in [-0.1, -0.05) is 11.2 Å². The quantitative estimate of drug-likeness (QED) is 0.768. The summed E-state index contributed by atoms with van der Waals surface area (Å²) in [7, 11) is 0. The van der Waals surface area contributed by atoms with Crippen molar-refractivity contribution >= 4 is 5.91 Å². The van der Waals surface area contributed by atoms with Crippen molar-refractivity contribution in [3.8, 4) is 11.5 Å². The lowest BCUT2D eigenvalue weighted by Crippen LogP contribution is -2.24. The molecule has 1 aliphatic rings. The van der Waals surface area contributed by atoms with E-state index in [4.69, 9.17) is 14.0 Å². The summed E-state index contributed by atoms with van der Waals surface area (Å²) < 4.78 is 16.3. The van der Waals surface area contributed by atoms with Crippen LogP contribution in [0.4, 0.5) is 0 Å². The van der Waals surface area contributed by atoms with Crippen molar-refractivity contribution in [2.45, 2.75) is 39.7 Å². The first-order valence-corrected chi connectivity index (χ1v) is 8.57. The van der Waals surface area contributed by atoms with Gasteiger partial charge >= 0.3 is 0 Å². The smallest absolute Gasteiger partial charge is 0.223 e. The van der Waals surface area contributed by atoms with Crippen molar-refractivity contribution in [2.75, 3.05) is 19.8 Å². The largest absolute Gasteiger partial charge is 0.490 e. The molecule has 0 bridgehead atoms. The highest BCUT2D eigenvalue weighted by Crippen LogP contribution is 2.31. The first-order valence-electron chi connectivity index (χ1n) is 8.57. The summed E-state index contributed by atoms with van der Waals surface area (Å²) in [5.74, 6) is 2.64. The molecule has 0 saturated carbocycles. The minimum absolute atomic E-state index is 0.0148.